The van der Waals surface area contributed by atoms with Crippen LogP contribution in [0.5, 0.6) is 0 Å². The highest BCUT2D eigenvalue weighted by Crippen LogP contribution is 2.28. The Morgan fingerprint density at radius 2 is 2.05 bits per heavy atom. The molecule has 1 aromatic carbocycles. The number of hydrogen-bond acceptors (Lipinski definition) is 4. The molecule has 0 atom stereocenters. The van der Waals surface area contributed by atoms with Gasteiger partial charge in [-0.05, 0) is 18.6 Å². The molecule has 6 heteroatoms. The zero-order chi connectivity index (χ0) is 15.7. The molecule has 0 aliphatic heterocycles. The summed E-state index contributed by atoms with van der Waals surface area (Å²) in [5, 5.41) is 7.29. The molecule has 0 saturated heterocycles. The zero-order valence-electron chi connectivity index (χ0n) is 12.8. The molecular weight excluding hydrogens is 296 g/mol. The molecule has 0 aliphatic carbocycles. The van der Waals surface area contributed by atoms with Crippen LogP contribution in [0.3, 0.4) is 0 Å². The van der Waals surface area contributed by atoms with Gasteiger partial charge in [0.15, 0.2) is 0 Å². The van der Waals surface area contributed by atoms with E-state index < -0.39 is 0 Å². The summed E-state index contributed by atoms with van der Waals surface area (Å²) in [6.07, 6.45) is 0. The molecule has 0 saturated carbocycles. The van der Waals surface area contributed by atoms with Crippen molar-refractivity contribution in [2.75, 3.05) is 14.1 Å². The fourth-order valence-corrected chi connectivity index (χ4v) is 3.40. The normalized spacial score (nSPS) is 11.3. The summed E-state index contributed by atoms with van der Waals surface area (Å²) in [6, 6.07) is 12.1. The van der Waals surface area contributed by atoms with Crippen LogP contribution < -0.4 is 5.43 Å². The van der Waals surface area contributed by atoms with Crippen molar-refractivity contribution in [3.05, 3.63) is 52.5 Å². The van der Waals surface area contributed by atoms with Crippen LogP contribution in [0.4, 0.5) is 0 Å². The first-order valence-corrected chi connectivity index (χ1v) is 7.85. The predicted molar refractivity (Wildman–Crippen MR) is 89.0 cm³/mol. The van der Waals surface area contributed by atoms with Gasteiger partial charge >= 0.3 is 0 Å². The summed E-state index contributed by atoms with van der Waals surface area (Å²) in [5.41, 5.74) is 4.92. The summed E-state index contributed by atoms with van der Waals surface area (Å²) in [7, 11) is 3.60. The summed E-state index contributed by atoms with van der Waals surface area (Å²) in [6.45, 7) is 2.69. The second-order valence-electron chi connectivity index (χ2n) is 5.39. The SMILES string of the molecule is Cc1nn(Cc2ccccc2)c2sc(C(=O)NN(C)C)cc12. The van der Waals surface area contributed by atoms with E-state index in [2.05, 4.69) is 22.7 Å². The average Bonchev–Trinajstić information content (AvgIpc) is 3.02. The van der Waals surface area contributed by atoms with E-state index in [-0.39, 0.29) is 5.91 Å². The molecule has 3 rings (SSSR count). The van der Waals surface area contributed by atoms with Gasteiger partial charge in [-0.3, -0.25) is 14.9 Å². The Bertz CT molecular complexity index is 804. The smallest absolute Gasteiger partial charge is 0.275 e. The number of rotatable bonds is 4. The van der Waals surface area contributed by atoms with E-state index in [4.69, 9.17) is 0 Å². The van der Waals surface area contributed by atoms with Gasteiger partial charge in [-0.15, -0.1) is 11.3 Å². The molecule has 3 aromatic rings. The number of carbonyl (C=O) groups excluding carboxylic acids is 1. The van der Waals surface area contributed by atoms with Gasteiger partial charge < -0.3 is 0 Å². The standard InChI is InChI=1S/C16H18N4OS/c1-11-13-9-14(15(21)18-19(2)3)22-16(13)20(17-11)10-12-7-5-4-6-8-12/h4-9H,10H2,1-3H3,(H,18,21). The van der Waals surface area contributed by atoms with E-state index in [0.29, 0.717) is 11.4 Å². The molecule has 1 N–H and O–H groups in total. The number of nitrogens with one attached hydrogen (secondary N) is 1. The maximum atomic E-state index is 12.1. The number of aromatic nitrogens is 2. The van der Waals surface area contributed by atoms with E-state index >= 15 is 0 Å². The molecule has 1 amide bonds. The Balaban J connectivity index is 1.95. The van der Waals surface area contributed by atoms with E-state index in [0.717, 1.165) is 15.9 Å². The highest BCUT2D eigenvalue weighted by Gasteiger charge is 2.16. The van der Waals surface area contributed by atoms with Crippen molar-refractivity contribution in [3.63, 3.8) is 0 Å². The van der Waals surface area contributed by atoms with E-state index in [1.807, 2.05) is 35.9 Å². The minimum absolute atomic E-state index is 0.0862. The molecule has 2 heterocycles. The van der Waals surface area contributed by atoms with Crippen molar-refractivity contribution >= 4 is 27.5 Å². The van der Waals surface area contributed by atoms with Gasteiger partial charge in [0.2, 0.25) is 0 Å². The minimum Gasteiger partial charge on any atom is -0.285 e. The van der Waals surface area contributed by atoms with Crippen LogP contribution in [-0.2, 0) is 6.54 Å². The molecule has 0 unspecified atom stereocenters. The first-order valence-electron chi connectivity index (χ1n) is 7.04. The Labute approximate surface area is 133 Å². The van der Waals surface area contributed by atoms with Gasteiger partial charge in [-0.25, -0.2) is 5.01 Å². The summed E-state index contributed by atoms with van der Waals surface area (Å²) in [4.78, 5) is 13.9. The largest absolute Gasteiger partial charge is 0.285 e. The Morgan fingerprint density at radius 1 is 1.32 bits per heavy atom. The molecule has 2 aromatic heterocycles. The van der Waals surface area contributed by atoms with Gasteiger partial charge in [0.1, 0.15) is 4.83 Å². The third-order valence-corrected chi connectivity index (χ3v) is 4.48. The maximum Gasteiger partial charge on any atom is 0.275 e. The highest BCUT2D eigenvalue weighted by molar-refractivity contribution is 7.20. The molecular formula is C16H18N4OS. The summed E-state index contributed by atoms with van der Waals surface area (Å²) < 4.78 is 1.97. The first kappa shape index (κ1) is 14.7. The number of aryl methyl sites for hydroxylation is 1. The number of amides is 1. The lowest BCUT2D eigenvalue weighted by molar-refractivity contribution is 0.0861. The lowest BCUT2D eigenvalue weighted by Crippen LogP contribution is -2.35. The number of nitrogens with zero attached hydrogens (tertiary/aromatic N) is 3. The van der Waals surface area contributed by atoms with Crippen molar-refractivity contribution < 1.29 is 4.79 Å². The van der Waals surface area contributed by atoms with Gasteiger partial charge in [0.05, 0.1) is 17.1 Å². The topological polar surface area (TPSA) is 50.2 Å². The fraction of sp³-hybridized carbons (Fsp3) is 0.250. The monoisotopic (exact) mass is 314 g/mol. The number of thiophene rings is 1. The van der Waals surface area contributed by atoms with Crippen molar-refractivity contribution in [3.8, 4) is 0 Å². The Hall–Kier alpha value is -2.18. The molecule has 22 heavy (non-hydrogen) atoms. The van der Waals surface area contributed by atoms with E-state index in [1.165, 1.54) is 16.9 Å². The summed E-state index contributed by atoms with van der Waals surface area (Å²) >= 11 is 1.48. The summed E-state index contributed by atoms with van der Waals surface area (Å²) in [5.74, 6) is -0.0862. The molecule has 0 aliphatic rings. The van der Waals surface area contributed by atoms with Crippen LogP contribution >= 0.6 is 11.3 Å². The van der Waals surface area contributed by atoms with Gasteiger partial charge in [-0.2, -0.15) is 5.10 Å². The van der Waals surface area contributed by atoms with E-state index in [1.54, 1.807) is 19.1 Å². The van der Waals surface area contributed by atoms with Crippen LogP contribution in [0.2, 0.25) is 0 Å². The molecule has 0 bridgehead atoms. The van der Waals surface area contributed by atoms with E-state index in [9.17, 15) is 4.79 Å². The fourth-order valence-electron chi connectivity index (χ4n) is 2.35. The Kier molecular flexibility index (Phi) is 3.96. The second-order valence-corrected chi connectivity index (χ2v) is 6.42. The third kappa shape index (κ3) is 2.88. The van der Waals surface area contributed by atoms with Crippen molar-refractivity contribution in [1.29, 1.82) is 0 Å². The average molecular weight is 314 g/mol. The minimum atomic E-state index is -0.0862. The zero-order valence-corrected chi connectivity index (χ0v) is 13.6. The van der Waals surface area contributed by atoms with Crippen LogP contribution in [0.25, 0.3) is 10.2 Å². The predicted octanol–water partition coefficient (Wildman–Crippen LogP) is 2.66. The maximum absolute atomic E-state index is 12.1. The van der Waals surface area contributed by atoms with Crippen molar-refractivity contribution in [2.45, 2.75) is 13.5 Å². The number of hydrogen-bond donors (Lipinski definition) is 1. The number of carbonyl (C=O) groups is 1. The first-order chi connectivity index (χ1) is 10.5. The quantitative estimate of drug-likeness (QED) is 0.753. The van der Waals surface area contributed by atoms with Gasteiger partial charge in [0, 0.05) is 19.5 Å². The molecule has 0 fully saturated rings. The third-order valence-electron chi connectivity index (χ3n) is 3.33. The van der Waals surface area contributed by atoms with Crippen LogP contribution in [0.15, 0.2) is 36.4 Å². The highest BCUT2D eigenvalue weighted by atomic mass is 32.1. The number of benzene rings is 1. The molecule has 0 spiro atoms. The van der Waals surface area contributed by atoms with Crippen molar-refractivity contribution in [2.24, 2.45) is 0 Å². The lowest BCUT2D eigenvalue weighted by atomic mass is 10.2. The number of hydrazine groups is 1. The molecule has 114 valence electrons. The molecule has 5 nitrogen and oxygen atoms in total. The second kappa shape index (κ2) is 5.90. The van der Waals surface area contributed by atoms with Gasteiger partial charge in [-0.1, -0.05) is 30.3 Å². The van der Waals surface area contributed by atoms with Crippen molar-refractivity contribution in [1.82, 2.24) is 20.2 Å². The van der Waals surface area contributed by atoms with Crippen LogP contribution in [-0.4, -0.2) is 34.8 Å². The lowest BCUT2D eigenvalue weighted by Gasteiger charge is -2.10. The Morgan fingerprint density at radius 3 is 2.73 bits per heavy atom. The number of fused-ring (bicyclic) bond motifs is 1. The van der Waals surface area contributed by atoms with Crippen LogP contribution in [0.1, 0.15) is 20.9 Å². The van der Waals surface area contributed by atoms with Gasteiger partial charge in [0.25, 0.3) is 5.91 Å². The molecule has 0 radical (unpaired) electrons. The van der Waals surface area contributed by atoms with Crippen LogP contribution in [0, 0.1) is 6.92 Å².